The van der Waals surface area contributed by atoms with E-state index in [0.29, 0.717) is 17.0 Å². The van der Waals surface area contributed by atoms with Crippen molar-refractivity contribution < 1.29 is 22.8 Å². The van der Waals surface area contributed by atoms with Crippen LogP contribution in [0.1, 0.15) is 43.4 Å². The number of carbonyl (C=O) groups excluding carboxylic acids is 2. The van der Waals surface area contributed by atoms with Crippen LogP contribution in [0.4, 0.5) is 18.3 Å². The molecule has 2 amide bonds. The topological polar surface area (TPSA) is 71.1 Å². The maximum atomic E-state index is 14.0. The van der Waals surface area contributed by atoms with E-state index in [0.717, 1.165) is 43.4 Å². The number of halogens is 3. The molecule has 2 N–H and O–H groups in total. The molecule has 1 fully saturated rings. The Morgan fingerprint density at radius 3 is 2.45 bits per heavy atom. The highest BCUT2D eigenvalue weighted by Crippen LogP contribution is 2.34. The minimum Gasteiger partial charge on any atom is -0.355 e. The van der Waals surface area contributed by atoms with Crippen LogP contribution in [0.5, 0.6) is 0 Å². The molecule has 0 atom stereocenters. The number of nitrogens with zero attached hydrogens (tertiary/aromatic N) is 1. The number of benzene rings is 1. The molecule has 29 heavy (non-hydrogen) atoms. The van der Waals surface area contributed by atoms with E-state index in [9.17, 15) is 22.8 Å². The third kappa shape index (κ3) is 5.35. The Morgan fingerprint density at radius 1 is 1.14 bits per heavy atom. The molecule has 0 unspecified atom stereocenters. The zero-order valence-electron chi connectivity index (χ0n) is 16.0. The molecule has 1 aliphatic carbocycles. The number of carbonyl (C=O) groups is 2. The Labute approximate surface area is 170 Å². The summed E-state index contributed by atoms with van der Waals surface area (Å²) in [4.78, 5) is 28.8. The fourth-order valence-corrected chi connectivity index (χ4v) is 4.28. The highest BCUT2D eigenvalue weighted by Gasteiger charge is 2.22. The predicted molar refractivity (Wildman–Crippen MR) is 105 cm³/mol. The predicted octanol–water partition coefficient (Wildman–Crippen LogP) is 4.56. The minimum absolute atomic E-state index is 0.0194. The van der Waals surface area contributed by atoms with E-state index >= 15 is 0 Å². The van der Waals surface area contributed by atoms with Gasteiger partial charge in [-0.05, 0) is 19.8 Å². The normalized spacial score (nSPS) is 14.6. The lowest BCUT2D eigenvalue weighted by molar-refractivity contribution is -0.126. The molecule has 0 spiro atoms. The van der Waals surface area contributed by atoms with E-state index in [2.05, 4.69) is 15.6 Å². The van der Waals surface area contributed by atoms with Gasteiger partial charge in [-0.3, -0.25) is 9.59 Å². The van der Waals surface area contributed by atoms with Gasteiger partial charge >= 0.3 is 0 Å². The first-order valence-corrected chi connectivity index (χ1v) is 10.4. The van der Waals surface area contributed by atoms with Crippen LogP contribution in [0, 0.1) is 30.3 Å². The molecule has 1 aromatic heterocycles. The zero-order chi connectivity index (χ0) is 21.0. The van der Waals surface area contributed by atoms with Gasteiger partial charge in [-0.15, -0.1) is 11.3 Å². The van der Waals surface area contributed by atoms with Crippen LogP contribution in [-0.2, 0) is 9.59 Å². The summed E-state index contributed by atoms with van der Waals surface area (Å²) >= 11 is 1.06. The van der Waals surface area contributed by atoms with Crippen LogP contribution >= 0.6 is 11.3 Å². The van der Waals surface area contributed by atoms with Crippen molar-refractivity contribution in [3.05, 3.63) is 34.5 Å². The highest BCUT2D eigenvalue weighted by molar-refractivity contribution is 7.16. The Balaban J connectivity index is 1.56. The van der Waals surface area contributed by atoms with E-state index < -0.39 is 23.0 Å². The summed E-state index contributed by atoms with van der Waals surface area (Å²) in [5, 5.41) is 5.54. The van der Waals surface area contributed by atoms with Crippen molar-refractivity contribution in [2.24, 2.45) is 5.92 Å². The molecule has 156 valence electrons. The van der Waals surface area contributed by atoms with Crippen molar-refractivity contribution in [1.82, 2.24) is 10.3 Å². The average Bonchev–Trinajstić information content (AvgIpc) is 3.01. The van der Waals surface area contributed by atoms with Crippen molar-refractivity contribution in [2.75, 3.05) is 11.9 Å². The molecule has 1 aromatic carbocycles. The smallest absolute Gasteiger partial charge is 0.227 e. The summed E-state index contributed by atoms with van der Waals surface area (Å²) in [5.74, 6) is -3.49. The number of hydrogen-bond donors (Lipinski definition) is 2. The summed E-state index contributed by atoms with van der Waals surface area (Å²) < 4.78 is 41.1. The highest BCUT2D eigenvalue weighted by atomic mass is 32.1. The van der Waals surface area contributed by atoms with Crippen LogP contribution in [-0.4, -0.2) is 23.3 Å². The SMILES string of the molecule is Cc1sc(NC(=O)CCNC(=O)C2CCCCC2)nc1-c1c(F)cc(F)cc1F. The van der Waals surface area contributed by atoms with Gasteiger partial charge < -0.3 is 10.6 Å². The summed E-state index contributed by atoms with van der Waals surface area (Å²) in [6.45, 7) is 1.81. The van der Waals surface area contributed by atoms with Gasteiger partial charge in [0.15, 0.2) is 5.13 Å². The lowest BCUT2D eigenvalue weighted by Gasteiger charge is -2.20. The lowest BCUT2D eigenvalue weighted by atomic mass is 9.89. The van der Waals surface area contributed by atoms with Crippen molar-refractivity contribution in [1.29, 1.82) is 0 Å². The first-order chi connectivity index (χ1) is 13.8. The molecule has 1 aliphatic rings. The van der Waals surface area contributed by atoms with Crippen molar-refractivity contribution in [2.45, 2.75) is 45.4 Å². The zero-order valence-corrected chi connectivity index (χ0v) is 16.8. The molecule has 1 saturated carbocycles. The monoisotopic (exact) mass is 425 g/mol. The second-order valence-electron chi connectivity index (χ2n) is 7.09. The second kappa shape index (κ2) is 9.39. The van der Waals surface area contributed by atoms with Crippen LogP contribution in [0.3, 0.4) is 0 Å². The molecule has 5 nitrogen and oxygen atoms in total. The number of nitrogens with one attached hydrogen (secondary N) is 2. The Hall–Kier alpha value is -2.42. The third-order valence-corrected chi connectivity index (χ3v) is 5.80. The average molecular weight is 425 g/mol. The van der Waals surface area contributed by atoms with E-state index in [1.807, 2.05) is 0 Å². The second-order valence-corrected chi connectivity index (χ2v) is 8.30. The van der Waals surface area contributed by atoms with E-state index in [1.54, 1.807) is 6.92 Å². The first-order valence-electron chi connectivity index (χ1n) is 9.55. The van der Waals surface area contributed by atoms with Crippen LogP contribution in [0.25, 0.3) is 11.3 Å². The number of thiazole rings is 1. The van der Waals surface area contributed by atoms with Crippen molar-refractivity contribution in [3.63, 3.8) is 0 Å². The van der Waals surface area contributed by atoms with Gasteiger partial charge in [0, 0.05) is 35.9 Å². The van der Waals surface area contributed by atoms with Crippen molar-refractivity contribution in [3.8, 4) is 11.3 Å². The Kier molecular flexibility index (Phi) is 6.89. The standard InChI is InChI=1S/C20H22F3N3O2S/c1-11-18(17-14(22)9-13(21)10-15(17)23)26-20(29-11)25-16(27)7-8-24-19(28)12-5-3-2-4-6-12/h9-10,12H,2-8H2,1H3,(H,24,28)(H,25,26,27). The third-order valence-electron chi connectivity index (χ3n) is 4.91. The van der Waals surface area contributed by atoms with Crippen molar-refractivity contribution >= 4 is 28.3 Å². The number of rotatable bonds is 6. The number of aromatic nitrogens is 1. The van der Waals surface area contributed by atoms with Crippen LogP contribution < -0.4 is 10.6 Å². The number of hydrogen-bond acceptors (Lipinski definition) is 4. The van der Waals surface area contributed by atoms with Crippen LogP contribution in [0.2, 0.25) is 0 Å². The first kappa shape index (κ1) is 21.3. The molecular formula is C20H22F3N3O2S. The van der Waals surface area contributed by atoms with E-state index in [4.69, 9.17) is 0 Å². The fourth-order valence-electron chi connectivity index (χ4n) is 3.44. The van der Waals surface area contributed by atoms with Gasteiger partial charge in [-0.1, -0.05) is 19.3 Å². The number of anilines is 1. The van der Waals surface area contributed by atoms with E-state index in [-0.39, 0.29) is 41.5 Å². The fraction of sp³-hybridized carbons (Fsp3) is 0.450. The molecular weight excluding hydrogens is 403 g/mol. The van der Waals surface area contributed by atoms with Gasteiger partial charge in [-0.25, -0.2) is 18.2 Å². The number of amides is 2. The molecule has 0 radical (unpaired) electrons. The lowest BCUT2D eigenvalue weighted by Crippen LogP contribution is -2.34. The summed E-state index contributed by atoms with van der Waals surface area (Å²) in [6, 6.07) is 1.18. The Morgan fingerprint density at radius 2 is 1.79 bits per heavy atom. The Bertz CT molecular complexity index is 887. The minimum atomic E-state index is -1.06. The molecule has 3 rings (SSSR count). The number of aryl methyl sites for hydroxylation is 1. The van der Waals surface area contributed by atoms with Crippen LogP contribution in [0.15, 0.2) is 12.1 Å². The molecule has 9 heteroatoms. The van der Waals surface area contributed by atoms with Gasteiger partial charge in [0.1, 0.15) is 17.5 Å². The van der Waals surface area contributed by atoms with Gasteiger partial charge in [0.25, 0.3) is 0 Å². The molecule has 0 aliphatic heterocycles. The summed E-state index contributed by atoms with van der Waals surface area (Å²) in [6.07, 6.45) is 5.10. The molecule has 1 heterocycles. The molecule has 0 saturated heterocycles. The van der Waals surface area contributed by atoms with Gasteiger partial charge in [-0.2, -0.15) is 0 Å². The largest absolute Gasteiger partial charge is 0.355 e. The quantitative estimate of drug-likeness (QED) is 0.713. The molecule has 0 bridgehead atoms. The summed E-state index contributed by atoms with van der Waals surface area (Å²) in [7, 11) is 0. The van der Waals surface area contributed by atoms with Gasteiger partial charge in [0.2, 0.25) is 11.8 Å². The van der Waals surface area contributed by atoms with E-state index in [1.165, 1.54) is 0 Å². The van der Waals surface area contributed by atoms with Gasteiger partial charge in [0.05, 0.1) is 11.3 Å². The summed E-state index contributed by atoms with van der Waals surface area (Å²) in [5.41, 5.74) is -0.411. The molecule has 2 aromatic rings. The maximum absolute atomic E-state index is 14.0. The maximum Gasteiger partial charge on any atom is 0.227 e.